The molecule has 122 valence electrons. The van der Waals surface area contributed by atoms with Crippen LogP contribution in [0, 0.1) is 0 Å². The molecule has 0 atom stereocenters. The zero-order chi connectivity index (χ0) is 16.7. The Bertz CT molecular complexity index is 683. The fraction of sp³-hybridized carbons (Fsp3) is 0.286. The van der Waals surface area contributed by atoms with Crippen LogP contribution in [-0.4, -0.2) is 48.5 Å². The number of hydrogen-bond acceptors (Lipinski definition) is 8. The van der Waals surface area contributed by atoms with Crippen LogP contribution in [0.3, 0.4) is 0 Å². The van der Waals surface area contributed by atoms with E-state index >= 15 is 0 Å². The van der Waals surface area contributed by atoms with Crippen LogP contribution in [0.4, 0.5) is 17.5 Å². The molecule has 0 saturated heterocycles. The normalized spacial score (nSPS) is 10.2. The van der Waals surface area contributed by atoms with E-state index in [1.54, 1.807) is 25.3 Å². The molecule has 2 rings (SSSR count). The van der Waals surface area contributed by atoms with Crippen molar-refractivity contribution in [3.05, 3.63) is 35.0 Å². The van der Waals surface area contributed by atoms with Crippen molar-refractivity contribution in [2.75, 3.05) is 38.0 Å². The summed E-state index contributed by atoms with van der Waals surface area (Å²) in [6.45, 7) is 1.08. The summed E-state index contributed by atoms with van der Waals surface area (Å²) in [7, 11) is 2.92. The Balaban J connectivity index is 2.15. The molecule has 0 spiro atoms. The van der Waals surface area contributed by atoms with E-state index in [1.165, 1.54) is 13.3 Å². The maximum atomic E-state index is 11.6. The molecule has 0 radical (unpaired) electrons. The molecular formula is C14H16ClN5O3. The zero-order valence-corrected chi connectivity index (χ0v) is 13.4. The highest BCUT2D eigenvalue weighted by Crippen LogP contribution is 2.26. The Morgan fingerprint density at radius 2 is 2.17 bits per heavy atom. The fourth-order valence-electron chi connectivity index (χ4n) is 1.71. The van der Waals surface area contributed by atoms with Crippen molar-refractivity contribution in [1.82, 2.24) is 15.2 Å². The summed E-state index contributed by atoms with van der Waals surface area (Å²) in [6.07, 6.45) is 1.45. The Morgan fingerprint density at radius 3 is 2.91 bits per heavy atom. The Morgan fingerprint density at radius 1 is 1.35 bits per heavy atom. The first kappa shape index (κ1) is 16.9. The van der Waals surface area contributed by atoms with Crippen LogP contribution < -0.4 is 10.6 Å². The fourth-order valence-corrected chi connectivity index (χ4v) is 1.87. The number of rotatable bonds is 7. The SMILES string of the molecule is COCCNc1nncc(Nc2cc(C(=O)OC)ccc2Cl)n1. The molecule has 2 aromatic rings. The summed E-state index contributed by atoms with van der Waals surface area (Å²) in [5, 5.41) is 14.1. The van der Waals surface area contributed by atoms with E-state index in [4.69, 9.17) is 16.3 Å². The number of nitrogens with one attached hydrogen (secondary N) is 2. The molecule has 1 aromatic heterocycles. The summed E-state index contributed by atoms with van der Waals surface area (Å²) >= 11 is 6.13. The average molecular weight is 338 g/mol. The van der Waals surface area contributed by atoms with Crippen molar-refractivity contribution in [3.63, 3.8) is 0 Å². The summed E-state index contributed by atoms with van der Waals surface area (Å²) in [4.78, 5) is 15.8. The van der Waals surface area contributed by atoms with Crippen LogP contribution in [0.2, 0.25) is 5.02 Å². The van der Waals surface area contributed by atoms with Gasteiger partial charge in [0.05, 0.1) is 36.2 Å². The second-order valence-corrected chi connectivity index (χ2v) is 4.80. The van der Waals surface area contributed by atoms with Gasteiger partial charge < -0.3 is 20.1 Å². The topological polar surface area (TPSA) is 98.3 Å². The highest BCUT2D eigenvalue weighted by atomic mass is 35.5. The van der Waals surface area contributed by atoms with Gasteiger partial charge in [0, 0.05) is 13.7 Å². The monoisotopic (exact) mass is 337 g/mol. The quantitative estimate of drug-likeness (QED) is 0.585. The minimum absolute atomic E-state index is 0.354. The number of anilines is 3. The standard InChI is InChI=1S/C14H16ClN5O3/c1-22-6-5-16-14-19-12(8-17-20-14)18-11-7-9(13(21)23-2)3-4-10(11)15/h3-4,7-8H,5-6H2,1-2H3,(H2,16,18,19,20). The molecule has 0 aliphatic carbocycles. The maximum Gasteiger partial charge on any atom is 0.337 e. The van der Waals surface area contributed by atoms with E-state index < -0.39 is 5.97 Å². The molecule has 1 aromatic carbocycles. The van der Waals surface area contributed by atoms with E-state index in [9.17, 15) is 4.79 Å². The van der Waals surface area contributed by atoms with Gasteiger partial charge in [0.25, 0.3) is 0 Å². The molecule has 0 unspecified atom stereocenters. The highest BCUT2D eigenvalue weighted by Gasteiger charge is 2.10. The number of esters is 1. The Kier molecular flexibility index (Phi) is 6.07. The number of benzene rings is 1. The molecule has 9 heteroatoms. The van der Waals surface area contributed by atoms with E-state index in [0.29, 0.717) is 41.2 Å². The van der Waals surface area contributed by atoms with E-state index in [0.717, 1.165) is 0 Å². The lowest BCUT2D eigenvalue weighted by Crippen LogP contribution is -2.11. The number of carbonyl (C=O) groups is 1. The maximum absolute atomic E-state index is 11.6. The van der Waals surface area contributed by atoms with Gasteiger partial charge in [0.1, 0.15) is 0 Å². The van der Waals surface area contributed by atoms with Gasteiger partial charge in [0.2, 0.25) is 5.95 Å². The number of nitrogens with zero attached hydrogens (tertiary/aromatic N) is 3. The van der Waals surface area contributed by atoms with Crippen LogP contribution in [-0.2, 0) is 9.47 Å². The van der Waals surface area contributed by atoms with Crippen LogP contribution in [0.15, 0.2) is 24.4 Å². The molecule has 23 heavy (non-hydrogen) atoms. The first-order valence-electron chi connectivity index (χ1n) is 6.71. The number of aromatic nitrogens is 3. The third-order valence-corrected chi connectivity index (χ3v) is 3.13. The third-order valence-electron chi connectivity index (χ3n) is 2.80. The molecule has 0 aliphatic rings. The van der Waals surface area contributed by atoms with E-state index in [-0.39, 0.29) is 0 Å². The lowest BCUT2D eigenvalue weighted by atomic mass is 10.2. The molecule has 0 bridgehead atoms. The van der Waals surface area contributed by atoms with Gasteiger partial charge in [-0.15, -0.1) is 5.10 Å². The zero-order valence-electron chi connectivity index (χ0n) is 12.7. The summed E-state index contributed by atoms with van der Waals surface area (Å²) < 4.78 is 9.62. The van der Waals surface area contributed by atoms with Crippen LogP contribution in [0.25, 0.3) is 0 Å². The van der Waals surface area contributed by atoms with Gasteiger partial charge >= 0.3 is 5.97 Å². The number of hydrogen-bond donors (Lipinski definition) is 2. The molecule has 0 saturated carbocycles. The largest absolute Gasteiger partial charge is 0.465 e. The molecule has 0 aliphatic heterocycles. The van der Waals surface area contributed by atoms with E-state index in [1.807, 2.05) is 0 Å². The third kappa shape index (κ3) is 4.76. The molecule has 2 N–H and O–H groups in total. The highest BCUT2D eigenvalue weighted by molar-refractivity contribution is 6.33. The summed E-state index contributed by atoms with van der Waals surface area (Å²) in [5.74, 6) is 0.337. The van der Waals surface area contributed by atoms with Crippen molar-refractivity contribution < 1.29 is 14.3 Å². The molecule has 0 fully saturated rings. The number of halogens is 1. The predicted octanol–water partition coefficient (Wildman–Crippen LogP) is 2.11. The molecule has 0 amide bonds. The minimum Gasteiger partial charge on any atom is -0.465 e. The summed E-state index contributed by atoms with van der Waals surface area (Å²) in [6, 6.07) is 4.76. The lowest BCUT2D eigenvalue weighted by molar-refractivity contribution is 0.0601. The van der Waals surface area contributed by atoms with Gasteiger partial charge in [-0.3, -0.25) is 0 Å². The van der Waals surface area contributed by atoms with Gasteiger partial charge in [-0.2, -0.15) is 10.1 Å². The van der Waals surface area contributed by atoms with Crippen LogP contribution >= 0.6 is 11.6 Å². The van der Waals surface area contributed by atoms with E-state index in [2.05, 4.69) is 30.6 Å². The smallest absolute Gasteiger partial charge is 0.337 e. The first-order valence-corrected chi connectivity index (χ1v) is 7.09. The van der Waals surface area contributed by atoms with Crippen molar-refractivity contribution in [3.8, 4) is 0 Å². The lowest BCUT2D eigenvalue weighted by Gasteiger charge is -2.10. The minimum atomic E-state index is -0.451. The summed E-state index contributed by atoms with van der Waals surface area (Å²) in [5.41, 5.74) is 0.887. The Hall–Kier alpha value is -2.45. The average Bonchev–Trinajstić information content (AvgIpc) is 2.57. The number of carbonyl (C=O) groups excluding carboxylic acids is 1. The second kappa shape index (κ2) is 8.25. The second-order valence-electron chi connectivity index (χ2n) is 4.40. The Labute approximate surface area is 138 Å². The molecule has 8 nitrogen and oxygen atoms in total. The number of methoxy groups -OCH3 is 2. The predicted molar refractivity (Wildman–Crippen MR) is 86.3 cm³/mol. The van der Waals surface area contributed by atoms with Gasteiger partial charge in [-0.25, -0.2) is 4.79 Å². The van der Waals surface area contributed by atoms with Crippen molar-refractivity contribution in [2.24, 2.45) is 0 Å². The molecular weight excluding hydrogens is 322 g/mol. The van der Waals surface area contributed by atoms with Gasteiger partial charge in [-0.1, -0.05) is 11.6 Å². The van der Waals surface area contributed by atoms with Gasteiger partial charge in [-0.05, 0) is 18.2 Å². The van der Waals surface area contributed by atoms with Gasteiger partial charge in [0.15, 0.2) is 5.82 Å². The van der Waals surface area contributed by atoms with Crippen LogP contribution in [0.5, 0.6) is 0 Å². The first-order chi connectivity index (χ1) is 11.1. The van der Waals surface area contributed by atoms with Crippen LogP contribution in [0.1, 0.15) is 10.4 Å². The number of ether oxygens (including phenoxy) is 2. The van der Waals surface area contributed by atoms with Crippen molar-refractivity contribution in [1.29, 1.82) is 0 Å². The van der Waals surface area contributed by atoms with Crippen molar-refractivity contribution >= 4 is 35.0 Å². The molecule has 1 heterocycles. The van der Waals surface area contributed by atoms with Crippen molar-refractivity contribution in [2.45, 2.75) is 0 Å².